The average molecular weight is 411 g/mol. The van der Waals surface area contributed by atoms with Gasteiger partial charge in [-0.2, -0.15) is 13.2 Å². The molecule has 2 aliphatic rings. The summed E-state index contributed by atoms with van der Waals surface area (Å²) in [4.78, 5) is 29.4. The molecule has 4 atom stereocenters. The maximum absolute atomic E-state index is 12.9. The van der Waals surface area contributed by atoms with Crippen LogP contribution in [0.5, 0.6) is 0 Å². The fourth-order valence-electron chi connectivity index (χ4n) is 4.53. The molecule has 2 amide bonds. The van der Waals surface area contributed by atoms with Gasteiger partial charge in [-0.15, -0.1) is 0 Å². The Morgan fingerprint density at radius 1 is 1.21 bits per heavy atom. The highest BCUT2D eigenvalue weighted by Crippen LogP contribution is 2.33. The molecule has 1 unspecified atom stereocenters. The number of hydrogen-bond donors (Lipinski definition) is 1. The Morgan fingerprint density at radius 2 is 1.93 bits per heavy atom. The van der Waals surface area contributed by atoms with Crippen LogP contribution in [0.25, 0.3) is 0 Å². The molecule has 1 aliphatic carbocycles. The maximum atomic E-state index is 12.9. The Morgan fingerprint density at radius 3 is 2.55 bits per heavy atom. The van der Waals surface area contributed by atoms with Gasteiger partial charge < -0.3 is 15.1 Å². The molecule has 5 nitrogen and oxygen atoms in total. The van der Waals surface area contributed by atoms with Crippen LogP contribution in [-0.2, 0) is 11.0 Å². The van der Waals surface area contributed by atoms with Crippen molar-refractivity contribution in [2.24, 2.45) is 5.92 Å². The van der Waals surface area contributed by atoms with Gasteiger partial charge in [0.1, 0.15) is 6.04 Å². The summed E-state index contributed by atoms with van der Waals surface area (Å²) in [6, 6.07) is 4.24. The summed E-state index contributed by atoms with van der Waals surface area (Å²) in [7, 11) is 4.14. The molecular formula is C21H28F3N3O2. The van der Waals surface area contributed by atoms with E-state index in [0.29, 0.717) is 24.9 Å². The summed E-state index contributed by atoms with van der Waals surface area (Å²) in [5.74, 6) is -0.427. The first-order valence-electron chi connectivity index (χ1n) is 10.0. The molecule has 160 valence electrons. The molecule has 1 aromatic rings. The number of rotatable bonds is 4. The number of carbonyl (C=O) groups excluding carboxylic acids is 2. The van der Waals surface area contributed by atoms with Crippen LogP contribution in [-0.4, -0.2) is 60.4 Å². The van der Waals surface area contributed by atoms with Crippen LogP contribution in [0, 0.1) is 5.92 Å². The van der Waals surface area contributed by atoms with Gasteiger partial charge in [-0.1, -0.05) is 13.0 Å². The lowest BCUT2D eigenvalue weighted by Gasteiger charge is -2.41. The standard InChI is InChI=1S/C21H28F3N3O2/c1-13-11-16(26(2)3)7-8-18(13)27-10-9-17(20(27)29)25-19(28)14-5-4-6-15(12-14)21(22,23)24/h4-6,12-13,16-18H,7-11H2,1-3H3,(H,25,28)/t13-,16-,17?,18+/m1/s1. The van der Waals surface area contributed by atoms with Gasteiger partial charge in [0.05, 0.1) is 5.56 Å². The second-order valence-electron chi connectivity index (χ2n) is 8.40. The lowest BCUT2D eigenvalue weighted by molar-refractivity contribution is -0.137. The number of hydrogen-bond acceptors (Lipinski definition) is 3. The number of halogens is 3. The quantitative estimate of drug-likeness (QED) is 0.828. The molecule has 2 fully saturated rings. The van der Waals surface area contributed by atoms with E-state index in [0.717, 1.165) is 31.4 Å². The smallest absolute Gasteiger partial charge is 0.340 e. The molecule has 1 N–H and O–H groups in total. The average Bonchev–Trinajstić information content (AvgIpc) is 3.01. The molecule has 0 bridgehead atoms. The largest absolute Gasteiger partial charge is 0.416 e. The highest BCUT2D eigenvalue weighted by molar-refractivity contribution is 5.98. The van der Waals surface area contributed by atoms with Crippen molar-refractivity contribution in [2.45, 2.75) is 56.9 Å². The van der Waals surface area contributed by atoms with Crippen LogP contribution in [0.3, 0.4) is 0 Å². The predicted molar refractivity (Wildman–Crippen MR) is 103 cm³/mol. The summed E-state index contributed by atoms with van der Waals surface area (Å²) in [5, 5.41) is 2.63. The Hall–Kier alpha value is -2.09. The Bertz CT molecular complexity index is 766. The highest BCUT2D eigenvalue weighted by Gasteiger charge is 2.41. The van der Waals surface area contributed by atoms with E-state index in [2.05, 4.69) is 31.2 Å². The molecule has 1 saturated heterocycles. The van der Waals surface area contributed by atoms with Crippen molar-refractivity contribution in [2.75, 3.05) is 20.6 Å². The molecule has 0 spiro atoms. The zero-order chi connectivity index (χ0) is 21.3. The van der Waals surface area contributed by atoms with E-state index < -0.39 is 23.7 Å². The lowest BCUT2D eigenvalue weighted by Crippen LogP contribution is -2.50. The van der Waals surface area contributed by atoms with E-state index >= 15 is 0 Å². The van der Waals surface area contributed by atoms with Crippen molar-refractivity contribution in [3.05, 3.63) is 35.4 Å². The number of nitrogens with zero attached hydrogens (tertiary/aromatic N) is 2. The van der Waals surface area contributed by atoms with Crippen LogP contribution in [0.4, 0.5) is 13.2 Å². The molecule has 8 heteroatoms. The summed E-state index contributed by atoms with van der Waals surface area (Å²) in [6.07, 6.45) is -1.08. The van der Waals surface area contributed by atoms with Crippen molar-refractivity contribution < 1.29 is 22.8 Å². The fourth-order valence-corrected chi connectivity index (χ4v) is 4.53. The van der Waals surface area contributed by atoms with Crippen LogP contribution < -0.4 is 5.32 Å². The van der Waals surface area contributed by atoms with Crippen molar-refractivity contribution in [1.29, 1.82) is 0 Å². The van der Waals surface area contributed by atoms with Crippen molar-refractivity contribution in [3.8, 4) is 0 Å². The minimum atomic E-state index is -4.52. The van der Waals surface area contributed by atoms with Gasteiger partial charge in [0.15, 0.2) is 0 Å². The number of nitrogens with one attached hydrogen (secondary N) is 1. The first-order valence-corrected chi connectivity index (χ1v) is 10.0. The van der Waals surface area contributed by atoms with E-state index in [-0.39, 0.29) is 17.5 Å². The van der Waals surface area contributed by atoms with Gasteiger partial charge in [0.25, 0.3) is 5.91 Å². The summed E-state index contributed by atoms with van der Waals surface area (Å²) < 4.78 is 38.6. The molecule has 29 heavy (non-hydrogen) atoms. The third kappa shape index (κ3) is 4.74. The topological polar surface area (TPSA) is 52.6 Å². The van der Waals surface area contributed by atoms with E-state index in [9.17, 15) is 22.8 Å². The second kappa shape index (κ2) is 8.34. The van der Waals surface area contributed by atoms with Crippen LogP contribution in [0.1, 0.15) is 48.5 Å². The normalized spacial score (nSPS) is 28.1. The Kier molecular flexibility index (Phi) is 6.22. The third-order valence-corrected chi connectivity index (χ3v) is 6.22. The molecule has 0 aromatic heterocycles. The number of likely N-dealkylation sites (tertiary alicyclic amines) is 1. The van der Waals surface area contributed by atoms with Gasteiger partial charge >= 0.3 is 6.18 Å². The van der Waals surface area contributed by atoms with Gasteiger partial charge in [-0.25, -0.2) is 0 Å². The fraction of sp³-hybridized carbons (Fsp3) is 0.619. The highest BCUT2D eigenvalue weighted by atomic mass is 19.4. The van der Waals surface area contributed by atoms with Crippen molar-refractivity contribution >= 4 is 11.8 Å². The van der Waals surface area contributed by atoms with Crippen LogP contribution in [0.2, 0.25) is 0 Å². The Balaban J connectivity index is 1.63. The first-order chi connectivity index (χ1) is 13.6. The predicted octanol–water partition coefficient (Wildman–Crippen LogP) is 3.15. The molecule has 1 heterocycles. The Labute approximate surface area is 169 Å². The number of alkyl halides is 3. The van der Waals surface area contributed by atoms with Crippen LogP contribution >= 0.6 is 0 Å². The lowest BCUT2D eigenvalue weighted by atomic mass is 9.81. The summed E-state index contributed by atoms with van der Waals surface area (Å²) in [5.41, 5.74) is -0.970. The number of benzene rings is 1. The third-order valence-electron chi connectivity index (χ3n) is 6.22. The van der Waals surface area contributed by atoms with Crippen molar-refractivity contribution in [1.82, 2.24) is 15.1 Å². The molecular weight excluding hydrogens is 383 g/mol. The zero-order valence-electron chi connectivity index (χ0n) is 17.0. The van der Waals surface area contributed by atoms with E-state index in [4.69, 9.17) is 0 Å². The van der Waals surface area contributed by atoms with Gasteiger partial charge in [0, 0.05) is 24.2 Å². The minimum Gasteiger partial charge on any atom is -0.340 e. The van der Waals surface area contributed by atoms with E-state index in [1.807, 2.05) is 4.90 Å². The molecule has 1 aromatic carbocycles. The molecule has 1 saturated carbocycles. The maximum Gasteiger partial charge on any atom is 0.416 e. The van der Waals surface area contributed by atoms with E-state index in [1.165, 1.54) is 12.1 Å². The molecule has 0 radical (unpaired) electrons. The van der Waals surface area contributed by atoms with Crippen molar-refractivity contribution in [3.63, 3.8) is 0 Å². The van der Waals surface area contributed by atoms with Gasteiger partial charge in [0.2, 0.25) is 5.91 Å². The summed E-state index contributed by atoms with van der Waals surface area (Å²) >= 11 is 0. The SMILES string of the molecule is C[C@@H]1C[C@H](N(C)C)CC[C@@H]1N1CCC(NC(=O)c2cccc(C(F)(F)F)c2)C1=O. The van der Waals surface area contributed by atoms with E-state index in [1.54, 1.807) is 0 Å². The van der Waals surface area contributed by atoms with Gasteiger partial charge in [-0.3, -0.25) is 9.59 Å². The first kappa shape index (κ1) is 21.6. The number of carbonyl (C=O) groups is 2. The second-order valence-corrected chi connectivity index (χ2v) is 8.40. The van der Waals surface area contributed by atoms with Gasteiger partial charge in [-0.05, 0) is 63.9 Å². The molecule has 3 rings (SSSR count). The van der Waals surface area contributed by atoms with Crippen LogP contribution in [0.15, 0.2) is 24.3 Å². The minimum absolute atomic E-state index is 0.0917. The zero-order valence-corrected chi connectivity index (χ0v) is 17.0. The summed E-state index contributed by atoms with van der Waals surface area (Å²) in [6.45, 7) is 2.72. The molecule has 1 aliphatic heterocycles. The monoisotopic (exact) mass is 411 g/mol. The number of amides is 2.